The molecular formula is C19H12F2NO6S-. The summed E-state index contributed by atoms with van der Waals surface area (Å²) in [7, 11) is -6.29. The van der Waals surface area contributed by atoms with Gasteiger partial charge in [0.15, 0.2) is 10.1 Å². The Labute approximate surface area is 163 Å². The zero-order valence-electron chi connectivity index (χ0n) is 14.5. The van der Waals surface area contributed by atoms with Crippen LogP contribution in [0, 0.1) is 0 Å². The molecule has 0 aliphatic carbocycles. The molecule has 0 radical (unpaired) electrons. The molecule has 0 aromatic heterocycles. The summed E-state index contributed by atoms with van der Waals surface area (Å²) in [6.45, 7) is 0. The van der Waals surface area contributed by atoms with Crippen LogP contribution in [0.25, 0.3) is 10.8 Å². The number of fused-ring (bicyclic) bond motifs is 1. The van der Waals surface area contributed by atoms with Crippen molar-refractivity contribution in [1.82, 2.24) is 0 Å². The topological polar surface area (TPSA) is 113 Å². The Morgan fingerprint density at radius 3 is 2.28 bits per heavy atom. The number of halogens is 2. The normalized spacial score (nSPS) is 11.8. The SMILES string of the molecule is O=C(Nc1cccc2ccccc12)c1ccccc1OC(=O)C(F)(F)S(=O)(=O)[O-]. The zero-order valence-corrected chi connectivity index (χ0v) is 15.3. The summed E-state index contributed by atoms with van der Waals surface area (Å²) in [5.74, 6) is -4.02. The minimum Gasteiger partial charge on any atom is -0.743 e. The fourth-order valence-corrected chi connectivity index (χ4v) is 2.77. The van der Waals surface area contributed by atoms with Gasteiger partial charge in [0, 0.05) is 11.1 Å². The molecule has 0 saturated heterocycles. The molecule has 0 aliphatic rings. The zero-order chi connectivity index (χ0) is 21.2. The highest BCUT2D eigenvalue weighted by Crippen LogP contribution is 2.28. The van der Waals surface area contributed by atoms with E-state index in [0.29, 0.717) is 11.1 Å². The first-order valence-electron chi connectivity index (χ1n) is 8.05. The summed E-state index contributed by atoms with van der Waals surface area (Å²) in [5.41, 5.74) is 0.106. The van der Waals surface area contributed by atoms with E-state index >= 15 is 0 Å². The van der Waals surface area contributed by atoms with Crippen LogP contribution in [0.3, 0.4) is 0 Å². The van der Waals surface area contributed by atoms with Crippen LogP contribution >= 0.6 is 0 Å². The number of esters is 1. The average molecular weight is 420 g/mol. The van der Waals surface area contributed by atoms with Crippen molar-refractivity contribution in [2.24, 2.45) is 0 Å². The predicted molar refractivity (Wildman–Crippen MR) is 98.6 cm³/mol. The van der Waals surface area contributed by atoms with Gasteiger partial charge in [0.2, 0.25) is 0 Å². The van der Waals surface area contributed by atoms with E-state index in [0.717, 1.165) is 11.5 Å². The maximum absolute atomic E-state index is 13.4. The number of hydrogen-bond donors (Lipinski definition) is 1. The highest BCUT2D eigenvalue weighted by Gasteiger charge is 2.49. The molecule has 29 heavy (non-hydrogen) atoms. The van der Waals surface area contributed by atoms with Gasteiger partial charge in [-0.3, -0.25) is 4.79 Å². The molecule has 3 aromatic rings. The molecule has 1 N–H and O–H groups in total. The molecule has 0 aliphatic heterocycles. The van der Waals surface area contributed by atoms with Crippen molar-refractivity contribution in [3.05, 3.63) is 72.3 Å². The molecule has 3 aromatic carbocycles. The van der Waals surface area contributed by atoms with Crippen LogP contribution < -0.4 is 10.1 Å². The standard InChI is InChI=1S/C19H13F2NO6S/c20-19(21,29(25,26)27)18(24)28-16-11-4-3-9-14(16)17(23)22-15-10-5-7-12-6-1-2-8-13(12)15/h1-11H,(H,22,23)(H,25,26,27)/p-1. The van der Waals surface area contributed by atoms with Gasteiger partial charge in [-0.2, -0.15) is 8.78 Å². The third kappa shape index (κ3) is 4.08. The van der Waals surface area contributed by atoms with Gasteiger partial charge in [-0.05, 0) is 23.6 Å². The third-order valence-electron chi connectivity index (χ3n) is 3.92. The molecule has 0 heterocycles. The molecular weight excluding hydrogens is 408 g/mol. The fourth-order valence-electron chi connectivity index (χ4n) is 2.53. The molecule has 0 unspecified atom stereocenters. The molecule has 150 valence electrons. The van der Waals surface area contributed by atoms with E-state index in [1.165, 1.54) is 18.2 Å². The van der Waals surface area contributed by atoms with Gasteiger partial charge in [-0.25, -0.2) is 13.2 Å². The summed E-state index contributed by atoms with van der Waals surface area (Å²) in [6, 6.07) is 17.2. The first kappa shape index (κ1) is 20.4. The number of rotatable bonds is 5. The lowest BCUT2D eigenvalue weighted by Gasteiger charge is -2.18. The quantitative estimate of drug-likeness (QED) is 0.386. The molecule has 10 heteroatoms. The minimum absolute atomic E-state index is 0.312. The number of alkyl halides is 2. The molecule has 0 spiro atoms. The van der Waals surface area contributed by atoms with Crippen molar-refractivity contribution in [1.29, 1.82) is 0 Å². The number of ether oxygens (including phenoxy) is 1. The van der Waals surface area contributed by atoms with Gasteiger partial charge in [-0.1, -0.05) is 48.5 Å². The van der Waals surface area contributed by atoms with Gasteiger partial charge in [0.1, 0.15) is 5.75 Å². The lowest BCUT2D eigenvalue weighted by Crippen LogP contribution is -2.41. The largest absolute Gasteiger partial charge is 0.743 e. The van der Waals surface area contributed by atoms with Gasteiger partial charge in [0.05, 0.1) is 5.56 Å². The molecule has 7 nitrogen and oxygen atoms in total. The lowest BCUT2D eigenvalue weighted by atomic mass is 10.1. The maximum atomic E-state index is 13.4. The average Bonchev–Trinajstić information content (AvgIpc) is 2.67. The summed E-state index contributed by atoms with van der Waals surface area (Å²) in [4.78, 5) is 24.1. The Hall–Kier alpha value is -3.37. The minimum atomic E-state index is -6.29. The number of amides is 1. The van der Waals surface area contributed by atoms with E-state index < -0.39 is 33.0 Å². The number of anilines is 1. The van der Waals surface area contributed by atoms with Gasteiger partial charge in [0.25, 0.3) is 5.91 Å². The summed E-state index contributed by atoms with van der Waals surface area (Å²) < 4.78 is 62.9. The third-order valence-corrected chi connectivity index (χ3v) is 4.72. The number of carbonyl (C=O) groups excluding carboxylic acids is 2. The Kier molecular flexibility index (Phi) is 5.31. The first-order chi connectivity index (χ1) is 13.6. The second kappa shape index (κ2) is 7.57. The van der Waals surface area contributed by atoms with Crippen LogP contribution in [0.5, 0.6) is 5.75 Å². The van der Waals surface area contributed by atoms with E-state index in [1.807, 2.05) is 18.2 Å². The van der Waals surface area contributed by atoms with Gasteiger partial charge >= 0.3 is 11.2 Å². The summed E-state index contributed by atoms with van der Waals surface area (Å²) in [5, 5.41) is -1.17. The number of para-hydroxylation sites is 1. The Morgan fingerprint density at radius 1 is 0.931 bits per heavy atom. The smallest absolute Gasteiger partial charge is 0.429 e. The van der Waals surface area contributed by atoms with Gasteiger partial charge in [-0.15, -0.1) is 0 Å². The monoisotopic (exact) mass is 420 g/mol. The maximum Gasteiger partial charge on any atom is 0.429 e. The van der Waals surface area contributed by atoms with Crippen molar-refractivity contribution in [2.75, 3.05) is 5.32 Å². The van der Waals surface area contributed by atoms with Crippen LogP contribution in [-0.2, 0) is 14.9 Å². The predicted octanol–water partition coefficient (Wildman–Crippen LogP) is 3.14. The van der Waals surface area contributed by atoms with Crippen molar-refractivity contribution in [3.8, 4) is 5.75 Å². The van der Waals surface area contributed by atoms with Crippen LogP contribution in [0.15, 0.2) is 66.7 Å². The van der Waals surface area contributed by atoms with E-state index in [2.05, 4.69) is 10.1 Å². The van der Waals surface area contributed by atoms with Crippen LogP contribution in [0.1, 0.15) is 10.4 Å². The highest BCUT2D eigenvalue weighted by atomic mass is 32.2. The van der Waals surface area contributed by atoms with E-state index in [-0.39, 0.29) is 5.56 Å². The number of carbonyl (C=O) groups is 2. The van der Waals surface area contributed by atoms with Crippen molar-refractivity contribution in [3.63, 3.8) is 0 Å². The molecule has 1 amide bonds. The summed E-state index contributed by atoms with van der Waals surface area (Å²) >= 11 is 0. The van der Waals surface area contributed by atoms with Gasteiger partial charge < -0.3 is 14.6 Å². The molecule has 0 fully saturated rings. The number of benzene rings is 3. The summed E-state index contributed by atoms with van der Waals surface area (Å²) in [6.07, 6.45) is 0. The lowest BCUT2D eigenvalue weighted by molar-refractivity contribution is -0.151. The fraction of sp³-hybridized carbons (Fsp3) is 0.0526. The first-order valence-corrected chi connectivity index (χ1v) is 9.46. The van der Waals surface area contributed by atoms with Crippen molar-refractivity contribution < 1.29 is 36.1 Å². The molecule has 0 saturated carbocycles. The Bertz CT molecular complexity index is 1200. The van der Waals surface area contributed by atoms with Crippen molar-refractivity contribution in [2.45, 2.75) is 5.25 Å². The van der Waals surface area contributed by atoms with Crippen molar-refractivity contribution >= 4 is 38.5 Å². The molecule has 0 bridgehead atoms. The van der Waals surface area contributed by atoms with Crippen LogP contribution in [0.2, 0.25) is 0 Å². The molecule has 3 rings (SSSR count). The second-order valence-electron chi connectivity index (χ2n) is 5.84. The number of nitrogens with one attached hydrogen (secondary N) is 1. The van der Waals surface area contributed by atoms with E-state index in [4.69, 9.17) is 0 Å². The highest BCUT2D eigenvalue weighted by molar-refractivity contribution is 7.87. The van der Waals surface area contributed by atoms with E-state index in [9.17, 15) is 31.3 Å². The van der Waals surface area contributed by atoms with Crippen LogP contribution in [0.4, 0.5) is 14.5 Å². The number of hydrogen-bond acceptors (Lipinski definition) is 6. The molecule has 0 atom stereocenters. The van der Waals surface area contributed by atoms with Crippen LogP contribution in [-0.4, -0.2) is 30.1 Å². The Morgan fingerprint density at radius 2 is 1.55 bits per heavy atom. The Balaban J connectivity index is 1.90. The van der Waals surface area contributed by atoms with E-state index in [1.54, 1.807) is 24.3 Å². The second-order valence-corrected chi connectivity index (χ2v) is 7.26.